The zero-order valence-corrected chi connectivity index (χ0v) is 24.8. The minimum absolute atomic E-state index is 0.148. The fraction of sp³-hybridized carbons (Fsp3) is 0.424. The maximum atomic E-state index is 14.5. The molecule has 0 radical (unpaired) electrons. The fourth-order valence-corrected chi connectivity index (χ4v) is 6.08. The van der Waals surface area contributed by atoms with Crippen molar-refractivity contribution < 1.29 is 28.6 Å². The zero-order chi connectivity index (χ0) is 29.7. The van der Waals surface area contributed by atoms with Crippen LogP contribution in [0.3, 0.4) is 0 Å². The summed E-state index contributed by atoms with van der Waals surface area (Å²) in [4.78, 5) is 43.5. The Bertz CT molecular complexity index is 1360. The molecule has 0 spiro atoms. The van der Waals surface area contributed by atoms with Gasteiger partial charge >= 0.3 is 11.9 Å². The molecule has 3 atom stereocenters. The smallest absolute Gasteiger partial charge is 0.336 e. The highest BCUT2D eigenvalue weighted by atomic mass is 16.5. The Kier molecular flexibility index (Phi) is 9.53. The summed E-state index contributed by atoms with van der Waals surface area (Å²) in [5.74, 6) is -3.13. The van der Waals surface area contributed by atoms with Gasteiger partial charge in [0.25, 0.3) is 0 Å². The number of para-hydroxylation sites is 1. The first-order valence-electron chi connectivity index (χ1n) is 14.4. The van der Waals surface area contributed by atoms with Gasteiger partial charge in [0.1, 0.15) is 11.7 Å². The summed E-state index contributed by atoms with van der Waals surface area (Å²) in [5, 5.41) is 3.35. The number of esters is 2. The van der Waals surface area contributed by atoms with Gasteiger partial charge in [-0.2, -0.15) is 0 Å². The van der Waals surface area contributed by atoms with Crippen molar-refractivity contribution in [1.82, 2.24) is 5.32 Å². The number of anilines is 1. The van der Waals surface area contributed by atoms with Crippen LogP contribution in [0.2, 0.25) is 0 Å². The van der Waals surface area contributed by atoms with E-state index in [1.807, 2.05) is 55.5 Å². The lowest BCUT2D eigenvalue weighted by molar-refractivity contribution is -0.152. The Balaban J connectivity index is 1.90. The number of Topliss-reactive ketones (excluding diaryl/α,β-unsaturated/α-hetero) is 1. The summed E-state index contributed by atoms with van der Waals surface area (Å²) in [7, 11) is 1.57. The Morgan fingerprint density at radius 1 is 0.951 bits per heavy atom. The molecule has 0 fully saturated rings. The SMILES string of the molecule is CCOC(=O)C1=C(C)NC2=C(C(=O)[C@@H](C(=O)OCC)[C@H](c3ccccc3OC)C2)[C@H]1c1ccc(N(CC)CC)cc1. The molecular weight excluding hydrogens is 520 g/mol. The van der Waals surface area contributed by atoms with E-state index in [0.717, 1.165) is 29.9 Å². The normalized spacial score (nSPS) is 20.2. The van der Waals surface area contributed by atoms with Gasteiger partial charge in [-0.3, -0.25) is 9.59 Å². The quantitative estimate of drug-likeness (QED) is 0.311. The lowest BCUT2D eigenvalue weighted by Crippen LogP contribution is -2.43. The molecule has 1 aliphatic heterocycles. The molecule has 2 aromatic rings. The second-order valence-electron chi connectivity index (χ2n) is 10.1. The van der Waals surface area contributed by atoms with Gasteiger partial charge in [-0.25, -0.2) is 4.79 Å². The molecule has 4 rings (SSSR count). The summed E-state index contributed by atoms with van der Waals surface area (Å²) in [6.07, 6.45) is 0.367. The van der Waals surface area contributed by atoms with Crippen LogP contribution >= 0.6 is 0 Å². The van der Waals surface area contributed by atoms with E-state index in [2.05, 4.69) is 24.1 Å². The van der Waals surface area contributed by atoms with Crippen molar-refractivity contribution in [1.29, 1.82) is 0 Å². The molecule has 41 heavy (non-hydrogen) atoms. The van der Waals surface area contributed by atoms with Crippen molar-refractivity contribution in [3.63, 3.8) is 0 Å². The monoisotopic (exact) mass is 560 g/mol. The van der Waals surface area contributed by atoms with Gasteiger partial charge in [0.2, 0.25) is 0 Å². The maximum Gasteiger partial charge on any atom is 0.336 e. The number of hydrogen-bond donors (Lipinski definition) is 1. The number of ether oxygens (including phenoxy) is 3. The number of rotatable bonds is 10. The minimum atomic E-state index is -1.09. The molecule has 8 nitrogen and oxygen atoms in total. The Morgan fingerprint density at radius 3 is 2.22 bits per heavy atom. The van der Waals surface area contributed by atoms with Crippen LogP contribution in [-0.2, 0) is 23.9 Å². The van der Waals surface area contributed by atoms with Crippen LogP contribution in [0.5, 0.6) is 5.75 Å². The van der Waals surface area contributed by atoms with Gasteiger partial charge in [-0.05, 0) is 70.4 Å². The van der Waals surface area contributed by atoms with E-state index >= 15 is 0 Å². The number of benzene rings is 2. The first kappa shape index (κ1) is 29.9. The van der Waals surface area contributed by atoms with Crippen molar-refractivity contribution >= 4 is 23.4 Å². The van der Waals surface area contributed by atoms with Crippen molar-refractivity contribution in [2.75, 3.05) is 38.3 Å². The van der Waals surface area contributed by atoms with E-state index in [-0.39, 0.29) is 19.0 Å². The standard InChI is InChI=1S/C33H40N2O6/c1-7-35(8-2)22-17-15-21(16-18-22)28-27(32(37)40-9-3)20(5)34-25-19-24(23-13-11-12-14-26(23)39-6)29(31(36)30(25)28)33(38)41-10-4/h11-18,24,28-29,34H,7-10,19H2,1-6H3/t24-,28-,29-/m0/s1. The van der Waals surface area contributed by atoms with Crippen LogP contribution in [0.4, 0.5) is 5.69 Å². The Hall–Kier alpha value is -4.07. The van der Waals surface area contributed by atoms with Crippen LogP contribution in [0.15, 0.2) is 71.1 Å². The number of carbonyl (C=O) groups excluding carboxylic acids is 3. The van der Waals surface area contributed by atoms with Crippen LogP contribution in [0.25, 0.3) is 0 Å². The van der Waals surface area contributed by atoms with E-state index in [1.165, 1.54) is 0 Å². The lowest BCUT2D eigenvalue weighted by Gasteiger charge is -2.39. The van der Waals surface area contributed by atoms with E-state index in [1.54, 1.807) is 21.0 Å². The largest absolute Gasteiger partial charge is 0.496 e. The van der Waals surface area contributed by atoms with E-state index in [4.69, 9.17) is 14.2 Å². The third kappa shape index (κ3) is 5.73. The van der Waals surface area contributed by atoms with Crippen LogP contribution < -0.4 is 15.0 Å². The number of ketones is 1. The summed E-state index contributed by atoms with van der Waals surface area (Å²) >= 11 is 0. The highest BCUT2D eigenvalue weighted by molar-refractivity contribution is 6.13. The van der Waals surface area contributed by atoms with Gasteiger partial charge < -0.3 is 24.4 Å². The average molecular weight is 561 g/mol. The summed E-state index contributed by atoms with van der Waals surface area (Å²) in [6, 6.07) is 15.4. The number of nitrogens with zero attached hydrogens (tertiary/aromatic N) is 1. The van der Waals surface area contributed by atoms with Crippen molar-refractivity contribution in [2.45, 2.75) is 52.9 Å². The zero-order valence-electron chi connectivity index (χ0n) is 24.8. The number of carbonyl (C=O) groups is 3. The van der Waals surface area contributed by atoms with Crippen LogP contribution in [0, 0.1) is 5.92 Å². The molecule has 0 saturated carbocycles. The van der Waals surface area contributed by atoms with Crippen LogP contribution in [0.1, 0.15) is 64.0 Å². The fourth-order valence-electron chi connectivity index (χ4n) is 6.08. The summed E-state index contributed by atoms with van der Waals surface area (Å²) in [5.41, 5.74) is 4.68. The van der Waals surface area contributed by atoms with E-state index in [0.29, 0.717) is 34.7 Å². The van der Waals surface area contributed by atoms with Gasteiger partial charge in [0.15, 0.2) is 5.78 Å². The topological polar surface area (TPSA) is 94.2 Å². The Labute approximate surface area is 242 Å². The molecule has 0 saturated heterocycles. The maximum absolute atomic E-state index is 14.5. The molecule has 2 aromatic carbocycles. The summed E-state index contributed by atoms with van der Waals surface area (Å²) in [6.45, 7) is 11.6. The molecule has 1 N–H and O–H groups in total. The molecule has 0 aromatic heterocycles. The van der Waals surface area contributed by atoms with Crippen molar-refractivity contribution in [2.24, 2.45) is 5.92 Å². The second kappa shape index (κ2) is 13.1. The molecule has 2 aliphatic rings. The average Bonchev–Trinajstić information content (AvgIpc) is 2.97. The molecule has 8 heteroatoms. The molecule has 218 valence electrons. The van der Waals surface area contributed by atoms with Gasteiger partial charge in [-0.1, -0.05) is 30.3 Å². The molecule has 1 heterocycles. The predicted octanol–water partition coefficient (Wildman–Crippen LogP) is 5.26. The molecule has 0 unspecified atom stereocenters. The van der Waals surface area contributed by atoms with E-state index in [9.17, 15) is 14.4 Å². The van der Waals surface area contributed by atoms with Crippen molar-refractivity contribution in [3.8, 4) is 5.75 Å². The molecular formula is C33H40N2O6. The van der Waals surface area contributed by atoms with Gasteiger partial charge in [0.05, 0.1) is 25.9 Å². The van der Waals surface area contributed by atoms with E-state index < -0.39 is 29.7 Å². The predicted molar refractivity (Wildman–Crippen MR) is 158 cm³/mol. The van der Waals surface area contributed by atoms with Crippen LogP contribution in [-0.4, -0.2) is 51.1 Å². The minimum Gasteiger partial charge on any atom is -0.496 e. The Morgan fingerprint density at radius 2 is 1.61 bits per heavy atom. The second-order valence-corrected chi connectivity index (χ2v) is 10.1. The third-order valence-corrected chi connectivity index (χ3v) is 7.95. The van der Waals surface area contributed by atoms with Gasteiger partial charge in [-0.15, -0.1) is 0 Å². The molecule has 1 aliphatic carbocycles. The number of nitrogens with one attached hydrogen (secondary N) is 1. The number of allylic oxidation sites excluding steroid dienone is 3. The number of hydrogen-bond acceptors (Lipinski definition) is 8. The highest BCUT2D eigenvalue weighted by Gasteiger charge is 2.49. The van der Waals surface area contributed by atoms with Crippen molar-refractivity contribution in [3.05, 3.63) is 82.2 Å². The lowest BCUT2D eigenvalue weighted by atomic mass is 9.67. The first-order valence-corrected chi connectivity index (χ1v) is 14.4. The third-order valence-electron chi connectivity index (χ3n) is 7.95. The summed E-state index contributed by atoms with van der Waals surface area (Å²) < 4.78 is 16.5. The molecule has 0 amide bonds. The number of methoxy groups -OCH3 is 1. The number of dihydropyridines is 1. The van der Waals surface area contributed by atoms with Gasteiger partial charge in [0, 0.05) is 47.6 Å². The first-order chi connectivity index (χ1) is 19.8. The molecule has 0 bridgehead atoms. The highest BCUT2D eigenvalue weighted by Crippen LogP contribution is 2.49.